The molecule has 1 aliphatic heterocycles. The van der Waals surface area contributed by atoms with Gasteiger partial charge in [0.15, 0.2) is 0 Å². The van der Waals surface area contributed by atoms with Gasteiger partial charge >= 0.3 is 0 Å². The van der Waals surface area contributed by atoms with E-state index in [0.29, 0.717) is 0 Å². The highest BCUT2D eigenvalue weighted by atomic mass is 15.0. The number of para-hydroxylation sites is 2. The smallest absolute Gasteiger partial charge is 0.0563 e. The van der Waals surface area contributed by atoms with Crippen LogP contribution in [0.25, 0.3) is 16.6 Å². The van der Waals surface area contributed by atoms with Crippen LogP contribution in [-0.4, -0.2) is 18.2 Å². The highest BCUT2D eigenvalue weighted by Gasteiger charge is 2.18. The predicted molar refractivity (Wildman–Crippen MR) is 88.3 cm³/mol. The van der Waals surface area contributed by atoms with E-state index in [9.17, 15) is 0 Å². The van der Waals surface area contributed by atoms with Crippen molar-refractivity contribution in [3.8, 4) is 5.69 Å². The SMILES string of the molecule is CNCCc1cc2cccc3c2n1-c1ccccc1CC3. The molecule has 2 nitrogen and oxygen atoms in total. The summed E-state index contributed by atoms with van der Waals surface area (Å²) in [4.78, 5) is 0. The minimum atomic E-state index is 1.01. The summed E-state index contributed by atoms with van der Waals surface area (Å²) in [7, 11) is 2.02. The van der Waals surface area contributed by atoms with Crippen molar-refractivity contribution >= 4 is 10.9 Å². The Labute approximate surface area is 125 Å². The number of fused-ring (bicyclic) bond motifs is 2. The minimum absolute atomic E-state index is 1.01. The first-order valence-corrected chi connectivity index (χ1v) is 7.73. The lowest BCUT2D eigenvalue weighted by atomic mass is 10.0. The molecule has 0 fully saturated rings. The van der Waals surface area contributed by atoms with E-state index in [1.165, 1.54) is 33.4 Å². The molecule has 106 valence electrons. The van der Waals surface area contributed by atoms with Crippen LogP contribution in [0, 0.1) is 0 Å². The lowest BCUT2D eigenvalue weighted by molar-refractivity contribution is 0.765. The Bertz CT molecular complexity index is 798. The number of nitrogens with zero attached hydrogens (tertiary/aromatic N) is 1. The van der Waals surface area contributed by atoms with Gasteiger partial charge in [-0.1, -0.05) is 36.4 Å². The van der Waals surface area contributed by atoms with Gasteiger partial charge in [0.1, 0.15) is 0 Å². The molecular weight excluding hydrogens is 256 g/mol. The fourth-order valence-corrected chi connectivity index (χ4v) is 3.51. The highest BCUT2D eigenvalue weighted by molar-refractivity contribution is 5.87. The number of rotatable bonds is 3. The molecule has 0 atom stereocenters. The Kier molecular flexibility index (Phi) is 3.04. The van der Waals surface area contributed by atoms with Crippen LogP contribution in [0.2, 0.25) is 0 Å². The standard InChI is InChI=1S/C19H20N2/c1-20-12-11-17-13-16-7-4-6-15-10-9-14-5-2-3-8-18(14)21(17)19(15)16/h2-8,13,20H,9-12H2,1H3. The predicted octanol–water partition coefficient (Wildman–Crippen LogP) is 3.49. The van der Waals surface area contributed by atoms with E-state index in [0.717, 1.165) is 25.8 Å². The molecule has 1 aliphatic rings. The lowest BCUT2D eigenvalue weighted by Gasteiger charge is -2.13. The molecule has 0 saturated carbocycles. The summed E-state index contributed by atoms with van der Waals surface area (Å²) in [5.74, 6) is 0. The van der Waals surface area contributed by atoms with Crippen LogP contribution in [0.1, 0.15) is 16.8 Å². The van der Waals surface area contributed by atoms with Gasteiger partial charge in [0.25, 0.3) is 0 Å². The maximum atomic E-state index is 3.27. The zero-order valence-corrected chi connectivity index (χ0v) is 12.4. The monoisotopic (exact) mass is 276 g/mol. The number of aryl methyl sites for hydroxylation is 2. The molecule has 0 radical (unpaired) electrons. The van der Waals surface area contributed by atoms with E-state index in [4.69, 9.17) is 0 Å². The van der Waals surface area contributed by atoms with Crippen LogP contribution in [0.4, 0.5) is 0 Å². The number of hydrogen-bond acceptors (Lipinski definition) is 1. The van der Waals surface area contributed by atoms with Gasteiger partial charge in [-0.3, -0.25) is 0 Å². The Morgan fingerprint density at radius 3 is 2.71 bits per heavy atom. The molecule has 0 amide bonds. The summed E-state index contributed by atoms with van der Waals surface area (Å²) in [6.07, 6.45) is 3.31. The Hall–Kier alpha value is -2.06. The van der Waals surface area contributed by atoms with Gasteiger partial charge in [0.2, 0.25) is 0 Å². The molecular formula is C19H20N2. The van der Waals surface area contributed by atoms with Gasteiger partial charge in [0, 0.05) is 29.7 Å². The highest BCUT2D eigenvalue weighted by Crippen LogP contribution is 2.33. The van der Waals surface area contributed by atoms with Crippen molar-refractivity contribution in [2.75, 3.05) is 13.6 Å². The van der Waals surface area contributed by atoms with Crippen molar-refractivity contribution in [1.29, 1.82) is 0 Å². The molecule has 2 heterocycles. The van der Waals surface area contributed by atoms with E-state index in [1.807, 2.05) is 7.05 Å². The van der Waals surface area contributed by atoms with Crippen LogP contribution in [0.15, 0.2) is 48.5 Å². The zero-order valence-electron chi connectivity index (χ0n) is 12.4. The molecule has 0 aliphatic carbocycles. The third-order valence-corrected chi connectivity index (χ3v) is 4.51. The molecule has 3 aromatic rings. The Morgan fingerprint density at radius 1 is 1.00 bits per heavy atom. The van der Waals surface area contributed by atoms with E-state index >= 15 is 0 Å². The third-order valence-electron chi connectivity index (χ3n) is 4.51. The second-order valence-electron chi connectivity index (χ2n) is 5.81. The lowest BCUT2D eigenvalue weighted by Crippen LogP contribution is -2.13. The number of aromatic nitrogens is 1. The van der Waals surface area contributed by atoms with Gasteiger partial charge in [-0.05, 0) is 43.1 Å². The molecule has 1 aromatic heterocycles. The van der Waals surface area contributed by atoms with Crippen LogP contribution in [0.5, 0.6) is 0 Å². The number of hydrogen-bond donors (Lipinski definition) is 1. The van der Waals surface area contributed by atoms with Crippen LogP contribution in [0.3, 0.4) is 0 Å². The van der Waals surface area contributed by atoms with Crippen molar-refractivity contribution in [1.82, 2.24) is 9.88 Å². The summed E-state index contributed by atoms with van der Waals surface area (Å²) in [6, 6.07) is 17.9. The fourth-order valence-electron chi connectivity index (χ4n) is 3.51. The van der Waals surface area contributed by atoms with Gasteiger partial charge < -0.3 is 9.88 Å². The molecule has 0 unspecified atom stereocenters. The maximum Gasteiger partial charge on any atom is 0.0563 e. The van der Waals surface area contributed by atoms with Gasteiger partial charge in [-0.15, -0.1) is 0 Å². The Morgan fingerprint density at radius 2 is 1.81 bits per heavy atom. The zero-order chi connectivity index (χ0) is 14.2. The van der Waals surface area contributed by atoms with Crippen molar-refractivity contribution < 1.29 is 0 Å². The van der Waals surface area contributed by atoms with E-state index in [1.54, 1.807) is 0 Å². The average Bonchev–Trinajstić information content (AvgIpc) is 2.80. The van der Waals surface area contributed by atoms with E-state index in [2.05, 4.69) is 58.4 Å². The van der Waals surface area contributed by atoms with Gasteiger partial charge in [0.05, 0.1) is 5.52 Å². The largest absolute Gasteiger partial charge is 0.319 e. The van der Waals surface area contributed by atoms with Crippen molar-refractivity contribution in [3.05, 3.63) is 65.4 Å². The van der Waals surface area contributed by atoms with Crippen molar-refractivity contribution in [2.45, 2.75) is 19.3 Å². The molecule has 0 bridgehead atoms. The molecule has 2 heteroatoms. The van der Waals surface area contributed by atoms with Crippen LogP contribution >= 0.6 is 0 Å². The number of nitrogens with one attached hydrogen (secondary N) is 1. The average molecular weight is 276 g/mol. The third kappa shape index (κ3) is 1.98. The Balaban J connectivity index is 2.03. The van der Waals surface area contributed by atoms with Gasteiger partial charge in [-0.25, -0.2) is 0 Å². The second-order valence-corrected chi connectivity index (χ2v) is 5.81. The first-order valence-electron chi connectivity index (χ1n) is 7.73. The molecule has 1 N–H and O–H groups in total. The molecule has 0 spiro atoms. The summed E-state index contributed by atoms with van der Waals surface area (Å²) >= 11 is 0. The van der Waals surface area contributed by atoms with Crippen molar-refractivity contribution in [2.24, 2.45) is 0 Å². The molecule has 4 rings (SSSR count). The normalized spacial score (nSPS) is 13.2. The maximum absolute atomic E-state index is 3.27. The number of benzene rings is 2. The van der Waals surface area contributed by atoms with Crippen molar-refractivity contribution in [3.63, 3.8) is 0 Å². The summed E-state index contributed by atoms with van der Waals surface area (Å²) in [5, 5.41) is 4.64. The fraction of sp³-hybridized carbons (Fsp3) is 0.263. The second kappa shape index (κ2) is 5.05. The molecule has 21 heavy (non-hydrogen) atoms. The van der Waals surface area contributed by atoms with Gasteiger partial charge in [-0.2, -0.15) is 0 Å². The minimum Gasteiger partial charge on any atom is -0.319 e. The molecule has 0 saturated heterocycles. The van der Waals surface area contributed by atoms with Crippen LogP contribution in [-0.2, 0) is 19.3 Å². The first-order chi connectivity index (χ1) is 10.4. The summed E-state index contributed by atoms with van der Waals surface area (Å²) in [5.41, 5.74) is 7.11. The number of likely N-dealkylation sites (N-methyl/N-ethyl adjacent to an activating group) is 1. The molecule has 2 aromatic carbocycles. The van der Waals surface area contributed by atoms with E-state index < -0.39 is 0 Å². The summed E-state index contributed by atoms with van der Waals surface area (Å²) in [6.45, 7) is 1.01. The van der Waals surface area contributed by atoms with E-state index in [-0.39, 0.29) is 0 Å². The topological polar surface area (TPSA) is 17.0 Å². The summed E-state index contributed by atoms with van der Waals surface area (Å²) < 4.78 is 2.49. The quantitative estimate of drug-likeness (QED) is 0.775. The first kappa shape index (κ1) is 12.7. The van der Waals surface area contributed by atoms with Crippen LogP contribution < -0.4 is 5.32 Å².